The Labute approximate surface area is 187 Å². The predicted molar refractivity (Wildman–Crippen MR) is 119 cm³/mol. The molecule has 7 heteroatoms. The number of benzene rings is 2. The number of hydrogen-bond donors (Lipinski definition) is 1. The zero-order chi connectivity index (χ0) is 23.1. The van der Waals surface area contributed by atoms with Crippen LogP contribution in [-0.4, -0.2) is 48.3 Å². The van der Waals surface area contributed by atoms with Crippen molar-refractivity contribution in [3.05, 3.63) is 70.3 Å². The summed E-state index contributed by atoms with van der Waals surface area (Å²) >= 11 is 0. The average molecular weight is 437 g/mol. The summed E-state index contributed by atoms with van der Waals surface area (Å²) in [4.78, 5) is 49.8. The van der Waals surface area contributed by atoms with Crippen molar-refractivity contribution in [1.82, 2.24) is 10.2 Å². The molecule has 3 rings (SSSR count). The van der Waals surface area contributed by atoms with Crippen LogP contribution in [0.1, 0.15) is 56.7 Å². The number of hydrogen-bond acceptors (Lipinski definition) is 5. The summed E-state index contributed by atoms with van der Waals surface area (Å²) in [5, 5.41) is 2.73. The van der Waals surface area contributed by atoms with E-state index in [0.717, 1.165) is 11.1 Å². The molecule has 0 unspecified atom stereocenters. The molecular formula is C25H28N2O5. The van der Waals surface area contributed by atoms with Crippen molar-refractivity contribution in [2.45, 2.75) is 39.5 Å². The molecule has 0 saturated heterocycles. The van der Waals surface area contributed by atoms with Crippen molar-refractivity contribution in [2.75, 3.05) is 19.7 Å². The Balaban J connectivity index is 1.29. The molecule has 1 aliphatic rings. The van der Waals surface area contributed by atoms with Crippen LogP contribution in [0.4, 0.5) is 0 Å². The van der Waals surface area contributed by atoms with Crippen LogP contribution in [0, 0.1) is 13.8 Å². The molecule has 0 bridgehead atoms. The fourth-order valence-corrected chi connectivity index (χ4v) is 3.52. The lowest BCUT2D eigenvalue weighted by atomic mass is 10.1. The van der Waals surface area contributed by atoms with Crippen LogP contribution in [0.5, 0.6) is 0 Å². The first kappa shape index (κ1) is 23.2. The summed E-state index contributed by atoms with van der Waals surface area (Å²) < 4.78 is 5.12. The van der Waals surface area contributed by atoms with E-state index in [4.69, 9.17) is 4.74 Å². The van der Waals surface area contributed by atoms with Crippen molar-refractivity contribution in [3.8, 4) is 0 Å². The fraction of sp³-hybridized carbons (Fsp3) is 0.360. The monoisotopic (exact) mass is 436 g/mol. The SMILES string of the molecule is Cc1ccc(CCC(=O)NCCOC(=O)CCCN2C(=O)c3ccc(C)cc3C2=O)cc1. The minimum absolute atomic E-state index is 0.0847. The summed E-state index contributed by atoms with van der Waals surface area (Å²) in [5.41, 5.74) is 4.01. The van der Waals surface area contributed by atoms with Crippen LogP contribution >= 0.6 is 0 Å². The second-order valence-electron chi connectivity index (χ2n) is 7.97. The van der Waals surface area contributed by atoms with Gasteiger partial charge in [-0.15, -0.1) is 0 Å². The average Bonchev–Trinajstić information content (AvgIpc) is 3.00. The number of nitrogens with one attached hydrogen (secondary N) is 1. The van der Waals surface area contributed by atoms with Crippen molar-refractivity contribution >= 4 is 23.7 Å². The van der Waals surface area contributed by atoms with Crippen LogP contribution in [0.2, 0.25) is 0 Å². The minimum atomic E-state index is -0.425. The molecule has 3 amide bonds. The number of carbonyl (C=O) groups is 4. The van der Waals surface area contributed by atoms with Crippen molar-refractivity contribution in [3.63, 3.8) is 0 Å². The van der Waals surface area contributed by atoms with Crippen LogP contribution in [0.15, 0.2) is 42.5 Å². The van der Waals surface area contributed by atoms with Gasteiger partial charge in [-0.3, -0.25) is 24.1 Å². The second kappa shape index (κ2) is 10.7. The van der Waals surface area contributed by atoms with Crippen molar-refractivity contribution in [2.24, 2.45) is 0 Å². The molecule has 0 spiro atoms. The summed E-state index contributed by atoms with van der Waals surface area (Å²) in [6.45, 7) is 4.38. The van der Waals surface area contributed by atoms with Gasteiger partial charge in [0.1, 0.15) is 6.61 Å². The molecule has 168 valence electrons. The molecule has 2 aromatic rings. The van der Waals surface area contributed by atoms with E-state index in [9.17, 15) is 19.2 Å². The lowest BCUT2D eigenvalue weighted by Crippen LogP contribution is -2.31. The number of nitrogens with zero attached hydrogens (tertiary/aromatic N) is 1. The van der Waals surface area contributed by atoms with Gasteiger partial charge in [-0.05, 0) is 44.4 Å². The Hall–Kier alpha value is -3.48. The van der Waals surface area contributed by atoms with Crippen molar-refractivity contribution in [1.29, 1.82) is 0 Å². The molecule has 1 N–H and O–H groups in total. The van der Waals surface area contributed by atoms with Gasteiger partial charge in [-0.2, -0.15) is 0 Å². The van der Waals surface area contributed by atoms with Crippen LogP contribution < -0.4 is 5.32 Å². The van der Waals surface area contributed by atoms with E-state index in [1.165, 1.54) is 10.5 Å². The van der Waals surface area contributed by atoms with E-state index < -0.39 is 5.97 Å². The summed E-state index contributed by atoms with van der Waals surface area (Å²) in [6.07, 6.45) is 1.44. The van der Waals surface area contributed by atoms with E-state index in [2.05, 4.69) is 5.32 Å². The summed E-state index contributed by atoms with van der Waals surface area (Å²) in [6, 6.07) is 13.2. The summed E-state index contributed by atoms with van der Waals surface area (Å²) in [5.74, 6) is -1.17. The van der Waals surface area contributed by atoms with Gasteiger partial charge in [0, 0.05) is 19.4 Å². The second-order valence-corrected chi connectivity index (χ2v) is 7.97. The van der Waals surface area contributed by atoms with Crippen LogP contribution in [0.3, 0.4) is 0 Å². The van der Waals surface area contributed by atoms with Gasteiger partial charge in [-0.1, -0.05) is 41.5 Å². The highest BCUT2D eigenvalue weighted by Gasteiger charge is 2.34. The maximum absolute atomic E-state index is 12.4. The lowest BCUT2D eigenvalue weighted by Gasteiger charge is -2.13. The summed E-state index contributed by atoms with van der Waals surface area (Å²) in [7, 11) is 0. The first-order chi connectivity index (χ1) is 15.3. The Morgan fingerprint density at radius 3 is 2.34 bits per heavy atom. The quantitative estimate of drug-likeness (QED) is 0.351. The first-order valence-electron chi connectivity index (χ1n) is 10.8. The third-order valence-electron chi connectivity index (χ3n) is 5.34. The maximum Gasteiger partial charge on any atom is 0.305 e. The van der Waals surface area contributed by atoms with Gasteiger partial charge in [0.15, 0.2) is 0 Å². The number of imide groups is 1. The normalized spacial score (nSPS) is 12.6. The number of aryl methyl sites for hydroxylation is 3. The number of amides is 3. The molecule has 0 aromatic heterocycles. The van der Waals surface area contributed by atoms with E-state index >= 15 is 0 Å². The number of rotatable bonds is 10. The van der Waals surface area contributed by atoms with E-state index in [-0.39, 0.29) is 43.8 Å². The molecule has 2 aromatic carbocycles. The Morgan fingerprint density at radius 2 is 1.59 bits per heavy atom. The lowest BCUT2D eigenvalue weighted by molar-refractivity contribution is -0.144. The molecule has 0 atom stereocenters. The highest BCUT2D eigenvalue weighted by atomic mass is 16.5. The Morgan fingerprint density at radius 1 is 0.906 bits per heavy atom. The Kier molecular flexibility index (Phi) is 7.76. The van der Waals surface area contributed by atoms with Crippen molar-refractivity contribution < 1.29 is 23.9 Å². The maximum atomic E-state index is 12.4. The van der Waals surface area contributed by atoms with Crippen LogP contribution in [-0.2, 0) is 20.7 Å². The van der Waals surface area contributed by atoms with Gasteiger partial charge >= 0.3 is 5.97 Å². The number of esters is 1. The van der Waals surface area contributed by atoms with E-state index in [1.807, 2.05) is 38.1 Å². The standard InChI is InChI=1S/C25H28N2O5/c1-17-5-8-19(9-6-17)10-12-22(28)26-13-15-32-23(29)4-3-14-27-24(30)20-11-7-18(2)16-21(20)25(27)31/h5-9,11,16H,3-4,10,12-15H2,1-2H3,(H,26,28). The fourth-order valence-electron chi connectivity index (χ4n) is 3.52. The third kappa shape index (κ3) is 6.03. The van der Waals surface area contributed by atoms with Gasteiger partial charge in [0.05, 0.1) is 17.7 Å². The largest absolute Gasteiger partial charge is 0.464 e. The van der Waals surface area contributed by atoms with Gasteiger partial charge in [-0.25, -0.2) is 0 Å². The predicted octanol–water partition coefficient (Wildman–Crippen LogP) is 2.97. The number of fused-ring (bicyclic) bond motifs is 1. The smallest absolute Gasteiger partial charge is 0.305 e. The highest BCUT2D eigenvalue weighted by Crippen LogP contribution is 2.24. The molecule has 0 aliphatic carbocycles. The molecule has 7 nitrogen and oxygen atoms in total. The molecule has 0 saturated carbocycles. The highest BCUT2D eigenvalue weighted by molar-refractivity contribution is 6.21. The molecule has 1 aliphatic heterocycles. The zero-order valence-electron chi connectivity index (χ0n) is 18.5. The number of ether oxygens (including phenoxy) is 1. The minimum Gasteiger partial charge on any atom is -0.464 e. The van der Waals surface area contributed by atoms with Crippen LogP contribution in [0.25, 0.3) is 0 Å². The molecular weight excluding hydrogens is 408 g/mol. The van der Waals surface area contributed by atoms with E-state index in [0.29, 0.717) is 30.4 Å². The zero-order valence-corrected chi connectivity index (χ0v) is 18.5. The topological polar surface area (TPSA) is 92.8 Å². The van der Waals surface area contributed by atoms with Gasteiger partial charge < -0.3 is 10.1 Å². The molecule has 32 heavy (non-hydrogen) atoms. The number of carbonyl (C=O) groups excluding carboxylic acids is 4. The van der Waals surface area contributed by atoms with E-state index in [1.54, 1.807) is 18.2 Å². The van der Waals surface area contributed by atoms with Gasteiger partial charge in [0.25, 0.3) is 11.8 Å². The molecule has 0 fully saturated rings. The molecule has 1 heterocycles. The third-order valence-corrected chi connectivity index (χ3v) is 5.34. The van der Waals surface area contributed by atoms with Gasteiger partial charge in [0.2, 0.25) is 5.91 Å². The Bertz CT molecular complexity index is 1010. The molecule has 0 radical (unpaired) electrons. The first-order valence-corrected chi connectivity index (χ1v) is 10.8.